The zero-order valence-electron chi connectivity index (χ0n) is 59.7. The highest BCUT2D eigenvalue weighted by Crippen LogP contribution is 2.43. The molecule has 0 fully saturated rings. The van der Waals surface area contributed by atoms with E-state index in [-0.39, 0.29) is 32.0 Å². The number of carbonyl (C=O) groups is 2. The van der Waals surface area contributed by atoms with Gasteiger partial charge in [-0.15, -0.1) is 0 Å². The molecule has 2 atom stereocenters. The Balaban J connectivity index is 4.14. The second kappa shape index (κ2) is 70.9. The lowest BCUT2D eigenvalue weighted by atomic mass is 10.0. The Labute approximate surface area is 566 Å². The molecule has 0 saturated carbocycles. The quantitative estimate of drug-likeness (QED) is 0.0211. The lowest BCUT2D eigenvalue weighted by molar-refractivity contribution is -0.870. The van der Waals surface area contributed by atoms with E-state index in [2.05, 4.69) is 172 Å². The average Bonchev–Trinajstić information content (AvgIpc) is 2.34. The molecule has 524 valence electrons. The van der Waals surface area contributed by atoms with Gasteiger partial charge < -0.3 is 18.9 Å². The van der Waals surface area contributed by atoms with Gasteiger partial charge >= 0.3 is 19.8 Å². The van der Waals surface area contributed by atoms with Gasteiger partial charge in [0.05, 0.1) is 27.7 Å². The molecule has 0 rings (SSSR count). The number of quaternary nitrogens is 1. The predicted octanol–water partition coefficient (Wildman–Crippen LogP) is 24.7. The zero-order valence-corrected chi connectivity index (χ0v) is 60.6. The fraction of sp³-hybridized carbons (Fsp3) is 0.659. The maximum absolute atomic E-state index is 12.9. The highest BCUT2D eigenvalue weighted by molar-refractivity contribution is 7.47. The third-order valence-electron chi connectivity index (χ3n) is 15.5. The van der Waals surface area contributed by atoms with Gasteiger partial charge in [0.1, 0.15) is 19.8 Å². The number of hydrogen-bond acceptors (Lipinski definition) is 7. The topological polar surface area (TPSA) is 108 Å². The summed E-state index contributed by atoms with van der Waals surface area (Å²) in [6.45, 7) is 4.28. The van der Waals surface area contributed by atoms with Crippen LogP contribution in [0.3, 0.4) is 0 Å². The van der Waals surface area contributed by atoms with E-state index in [1.165, 1.54) is 148 Å². The minimum Gasteiger partial charge on any atom is -0.462 e. The molecule has 0 amide bonds. The number of likely N-dealkylation sites (N-methyl/N-ethyl adjacent to an activating group) is 1. The molecule has 0 aliphatic carbocycles. The number of allylic oxidation sites excluding steroid dienone is 26. The first-order chi connectivity index (χ1) is 45.0. The number of unbranched alkanes of at least 4 members (excludes halogenated alkanes) is 27. The molecule has 2 unspecified atom stereocenters. The van der Waals surface area contributed by atoms with Crippen LogP contribution in [0.1, 0.15) is 296 Å². The number of ether oxygens (including phenoxy) is 2. The Kier molecular flexibility index (Phi) is 67.6. The fourth-order valence-electron chi connectivity index (χ4n) is 9.88. The van der Waals surface area contributed by atoms with Crippen molar-refractivity contribution in [2.45, 2.75) is 302 Å². The minimum atomic E-state index is -4.41. The average molecular weight is 1300 g/mol. The Morgan fingerprint density at radius 1 is 0.348 bits per heavy atom. The van der Waals surface area contributed by atoms with Crippen LogP contribution in [0.2, 0.25) is 0 Å². The van der Waals surface area contributed by atoms with Crippen LogP contribution in [0.25, 0.3) is 0 Å². The molecule has 0 aromatic heterocycles. The van der Waals surface area contributed by atoms with E-state index in [4.69, 9.17) is 18.5 Å². The Morgan fingerprint density at radius 3 is 0.935 bits per heavy atom. The first-order valence-electron chi connectivity index (χ1n) is 37.2. The van der Waals surface area contributed by atoms with Crippen molar-refractivity contribution in [2.24, 2.45) is 0 Å². The summed E-state index contributed by atoms with van der Waals surface area (Å²) in [4.78, 5) is 35.9. The molecule has 0 heterocycles. The second-order valence-corrected chi connectivity index (χ2v) is 27.0. The normalized spacial score (nSPS) is 14.0. The van der Waals surface area contributed by atoms with E-state index >= 15 is 0 Å². The van der Waals surface area contributed by atoms with Gasteiger partial charge in [0.25, 0.3) is 0 Å². The molecule has 0 aliphatic heterocycles. The number of carbonyl (C=O) groups excluding carboxylic acids is 2. The van der Waals surface area contributed by atoms with E-state index in [9.17, 15) is 19.0 Å². The maximum Gasteiger partial charge on any atom is 0.472 e. The molecule has 0 spiro atoms. The van der Waals surface area contributed by atoms with Crippen LogP contribution in [0.4, 0.5) is 0 Å². The molecule has 0 saturated heterocycles. The molecule has 92 heavy (non-hydrogen) atoms. The van der Waals surface area contributed by atoms with E-state index in [0.717, 1.165) is 116 Å². The Hall–Kier alpha value is -4.37. The van der Waals surface area contributed by atoms with Crippen molar-refractivity contribution < 1.29 is 42.1 Å². The van der Waals surface area contributed by atoms with E-state index in [0.29, 0.717) is 17.4 Å². The smallest absolute Gasteiger partial charge is 0.462 e. The van der Waals surface area contributed by atoms with Crippen LogP contribution in [0, 0.1) is 0 Å². The minimum absolute atomic E-state index is 0.0177. The van der Waals surface area contributed by atoms with Crippen LogP contribution in [-0.4, -0.2) is 74.9 Å². The van der Waals surface area contributed by atoms with Gasteiger partial charge in [0.15, 0.2) is 6.10 Å². The highest BCUT2D eigenvalue weighted by Gasteiger charge is 2.27. The highest BCUT2D eigenvalue weighted by atomic mass is 31.2. The summed E-state index contributed by atoms with van der Waals surface area (Å²) in [5.41, 5.74) is 0. The summed E-state index contributed by atoms with van der Waals surface area (Å²) >= 11 is 0. The summed E-state index contributed by atoms with van der Waals surface area (Å²) in [5.74, 6) is -0.838. The van der Waals surface area contributed by atoms with Gasteiger partial charge in [-0.2, -0.15) is 0 Å². The monoisotopic (exact) mass is 1300 g/mol. The summed E-state index contributed by atoms with van der Waals surface area (Å²) in [7, 11) is 1.44. The largest absolute Gasteiger partial charge is 0.472 e. The summed E-state index contributed by atoms with van der Waals surface area (Å²) in [6.07, 6.45) is 106. The molecular formula is C82H139NO8P+. The second-order valence-electron chi connectivity index (χ2n) is 25.6. The van der Waals surface area contributed by atoms with Gasteiger partial charge in [-0.25, -0.2) is 4.57 Å². The van der Waals surface area contributed by atoms with E-state index in [1.54, 1.807) is 0 Å². The van der Waals surface area contributed by atoms with Crippen LogP contribution >= 0.6 is 7.82 Å². The third-order valence-corrected chi connectivity index (χ3v) is 16.5. The molecule has 0 aromatic rings. The molecule has 9 nitrogen and oxygen atoms in total. The third kappa shape index (κ3) is 74.7. The maximum atomic E-state index is 12.9. The number of phosphoric ester groups is 1. The number of phosphoric acid groups is 1. The lowest BCUT2D eigenvalue weighted by Gasteiger charge is -2.24. The SMILES string of the molecule is CC/C=C\C/C=C\C/C=C\C/C=C\C/C=C\C/C=C\C/C=C\C/C=C\C/C=C\C/C=C\C/C=C\CCCCCC(=O)OC(COC(=O)CCCCCCCCCCCCCCCCCCCCC/C=C\C/C=C\CCCCCCC)COP(=O)(O)OCC[N+](C)(C)C. The molecule has 0 radical (unpaired) electrons. The summed E-state index contributed by atoms with van der Waals surface area (Å²) in [5, 5.41) is 0. The van der Waals surface area contributed by atoms with Gasteiger partial charge in [0.2, 0.25) is 0 Å². The summed E-state index contributed by atoms with van der Waals surface area (Å²) < 4.78 is 34.7. The van der Waals surface area contributed by atoms with Crippen molar-refractivity contribution in [1.82, 2.24) is 0 Å². The first-order valence-corrected chi connectivity index (χ1v) is 38.7. The fourth-order valence-corrected chi connectivity index (χ4v) is 10.6. The van der Waals surface area contributed by atoms with Crippen LogP contribution in [0.15, 0.2) is 158 Å². The molecular weight excluding hydrogens is 1160 g/mol. The van der Waals surface area contributed by atoms with Crippen molar-refractivity contribution in [3.63, 3.8) is 0 Å². The number of esters is 2. The van der Waals surface area contributed by atoms with Crippen LogP contribution in [-0.2, 0) is 32.7 Å². The van der Waals surface area contributed by atoms with Gasteiger partial charge in [-0.3, -0.25) is 18.6 Å². The van der Waals surface area contributed by atoms with Crippen molar-refractivity contribution in [3.8, 4) is 0 Å². The number of hydrogen-bond donors (Lipinski definition) is 1. The van der Waals surface area contributed by atoms with Crippen molar-refractivity contribution >= 4 is 19.8 Å². The van der Waals surface area contributed by atoms with Crippen molar-refractivity contribution in [2.75, 3.05) is 47.5 Å². The van der Waals surface area contributed by atoms with Crippen molar-refractivity contribution in [1.29, 1.82) is 0 Å². The van der Waals surface area contributed by atoms with E-state index in [1.807, 2.05) is 21.1 Å². The van der Waals surface area contributed by atoms with Gasteiger partial charge in [0, 0.05) is 12.8 Å². The van der Waals surface area contributed by atoms with Gasteiger partial charge in [-0.1, -0.05) is 313 Å². The molecule has 0 aliphatic rings. The standard InChI is InChI=1S/C82H138NO8P/c1-6-8-10-12-14-16-18-20-22-24-26-28-30-32-34-36-38-39-40-41-42-43-45-47-49-51-53-55-57-59-61-63-65-67-69-71-73-75-82(85)91-80(79-90-92(86,87)89-77-76-83(3,4)5)78-88-81(84)74-72-70-68-66-64-62-60-58-56-54-52-50-48-46-44-37-35-33-31-29-27-25-23-21-19-17-15-13-11-9-7-2/h8,10,14,16,19-22,25-28,32,34,38-39,41-42,45,47,51,53,57,59,63,65,80H,6-7,9,11-13,15,17-18,23-24,29-31,33,35-37,40,43-44,46,48-50,52,54-56,58,60-62,64,66-79H2,1-5H3/p+1/b10-8-,16-14-,21-19-,22-20-,27-25-,28-26-,34-32-,39-38-,42-41-,47-45-,53-51-,59-57-,65-63-. The molecule has 10 heteroatoms. The summed E-state index contributed by atoms with van der Waals surface area (Å²) in [6, 6.07) is 0. The number of rotatable bonds is 67. The molecule has 0 aromatic carbocycles. The molecule has 1 N–H and O–H groups in total. The predicted molar refractivity (Wildman–Crippen MR) is 399 cm³/mol. The zero-order chi connectivity index (χ0) is 66.9. The Bertz CT molecular complexity index is 2110. The van der Waals surface area contributed by atoms with Crippen LogP contribution < -0.4 is 0 Å². The van der Waals surface area contributed by atoms with E-state index < -0.39 is 26.5 Å². The van der Waals surface area contributed by atoms with Crippen LogP contribution in [0.5, 0.6) is 0 Å². The van der Waals surface area contributed by atoms with Gasteiger partial charge in [-0.05, 0) is 128 Å². The Morgan fingerprint density at radius 2 is 0.620 bits per heavy atom. The first kappa shape index (κ1) is 87.6. The van der Waals surface area contributed by atoms with Crippen molar-refractivity contribution in [3.05, 3.63) is 158 Å². The lowest BCUT2D eigenvalue weighted by Crippen LogP contribution is -2.37. The number of nitrogens with zero attached hydrogens (tertiary/aromatic N) is 1. The molecule has 0 bridgehead atoms.